The average Bonchev–Trinajstić information content (AvgIpc) is 3.14. The quantitative estimate of drug-likeness (QED) is 0.788. The van der Waals surface area contributed by atoms with E-state index in [1.165, 1.54) is 18.2 Å². The number of amides is 1. The molecule has 1 aliphatic carbocycles. The molecule has 1 saturated carbocycles. The molecule has 1 aliphatic rings. The van der Waals surface area contributed by atoms with Crippen LogP contribution in [0.25, 0.3) is 0 Å². The second kappa shape index (κ2) is 7.98. The first-order valence-electron chi connectivity index (χ1n) is 8.66. The molecule has 0 aromatic heterocycles. The van der Waals surface area contributed by atoms with Crippen LogP contribution in [-0.2, 0) is 10.0 Å². The Bertz CT molecular complexity index is 937. The monoisotopic (exact) mass is 390 g/mol. The molecule has 0 bridgehead atoms. The van der Waals surface area contributed by atoms with E-state index in [0.717, 1.165) is 25.7 Å². The Morgan fingerprint density at radius 3 is 2.48 bits per heavy atom. The fourth-order valence-corrected chi connectivity index (χ4v) is 3.80. The number of nitrogens with two attached hydrogens (primary N) is 1. The molecule has 8 heteroatoms. The van der Waals surface area contributed by atoms with E-state index in [1.807, 2.05) is 0 Å². The van der Waals surface area contributed by atoms with Gasteiger partial charge in [-0.05, 0) is 56.0 Å². The van der Waals surface area contributed by atoms with E-state index >= 15 is 0 Å². The highest BCUT2D eigenvalue weighted by molar-refractivity contribution is 7.89. The molecule has 0 unspecified atom stereocenters. The molecular weight excluding hydrogens is 368 g/mol. The second-order valence-corrected chi connectivity index (χ2v) is 7.92. The molecule has 3 N–H and O–H groups in total. The lowest BCUT2D eigenvalue weighted by atomic mass is 10.1. The standard InChI is InChI=1S/C19H22N2O5S/c1-25-16-11-10-13(12-17(16)26-14-6-2-3-7-14)19(22)21-15-8-4-5-9-18(15)27(20,23)24/h4-5,8-12,14H,2-3,6-7H2,1H3,(H,21,22)(H2,20,23,24). The van der Waals surface area contributed by atoms with Crippen molar-refractivity contribution >= 4 is 21.6 Å². The Hall–Kier alpha value is -2.58. The van der Waals surface area contributed by atoms with Crippen LogP contribution >= 0.6 is 0 Å². The van der Waals surface area contributed by atoms with Gasteiger partial charge in [-0.25, -0.2) is 13.6 Å². The van der Waals surface area contributed by atoms with E-state index in [9.17, 15) is 13.2 Å². The zero-order valence-electron chi connectivity index (χ0n) is 15.0. The maximum Gasteiger partial charge on any atom is 0.255 e. The Balaban J connectivity index is 1.85. The van der Waals surface area contributed by atoms with Crippen molar-refractivity contribution < 1.29 is 22.7 Å². The number of carbonyl (C=O) groups is 1. The number of carbonyl (C=O) groups excluding carboxylic acids is 1. The SMILES string of the molecule is COc1ccc(C(=O)Nc2ccccc2S(N)(=O)=O)cc1OC1CCCC1. The summed E-state index contributed by atoms with van der Waals surface area (Å²) in [5.41, 5.74) is 0.451. The van der Waals surface area contributed by atoms with E-state index in [-0.39, 0.29) is 16.7 Å². The summed E-state index contributed by atoms with van der Waals surface area (Å²) >= 11 is 0. The molecule has 27 heavy (non-hydrogen) atoms. The number of sulfonamides is 1. The van der Waals surface area contributed by atoms with E-state index in [0.29, 0.717) is 17.1 Å². The van der Waals surface area contributed by atoms with Crippen molar-refractivity contribution in [2.45, 2.75) is 36.7 Å². The minimum Gasteiger partial charge on any atom is -0.493 e. The molecule has 0 aliphatic heterocycles. The van der Waals surface area contributed by atoms with Gasteiger partial charge in [-0.3, -0.25) is 4.79 Å². The Labute approximate surface area is 158 Å². The average molecular weight is 390 g/mol. The normalized spacial score (nSPS) is 14.7. The van der Waals surface area contributed by atoms with Crippen molar-refractivity contribution in [2.24, 2.45) is 5.14 Å². The van der Waals surface area contributed by atoms with E-state index in [2.05, 4.69) is 5.32 Å². The van der Waals surface area contributed by atoms with E-state index in [1.54, 1.807) is 31.4 Å². The predicted octanol–water partition coefficient (Wildman–Crippen LogP) is 2.92. The maximum atomic E-state index is 12.6. The fraction of sp³-hybridized carbons (Fsp3) is 0.316. The van der Waals surface area contributed by atoms with Crippen molar-refractivity contribution in [1.29, 1.82) is 0 Å². The summed E-state index contributed by atoms with van der Waals surface area (Å²) in [5, 5.41) is 7.81. The number of anilines is 1. The summed E-state index contributed by atoms with van der Waals surface area (Å²) in [7, 11) is -2.41. The van der Waals surface area contributed by atoms with Gasteiger partial charge in [0, 0.05) is 5.56 Å². The molecule has 2 aromatic carbocycles. The summed E-state index contributed by atoms with van der Waals surface area (Å²) in [6, 6.07) is 10.8. The largest absolute Gasteiger partial charge is 0.493 e. The van der Waals surface area contributed by atoms with E-state index in [4.69, 9.17) is 14.6 Å². The van der Waals surface area contributed by atoms with Gasteiger partial charge in [-0.2, -0.15) is 0 Å². The number of para-hydroxylation sites is 1. The number of methoxy groups -OCH3 is 1. The summed E-state index contributed by atoms with van der Waals surface area (Å²) in [6.45, 7) is 0. The topological polar surface area (TPSA) is 108 Å². The number of benzene rings is 2. The van der Waals surface area contributed by atoms with Crippen LogP contribution in [0.1, 0.15) is 36.0 Å². The number of rotatable bonds is 6. The van der Waals surface area contributed by atoms with Crippen molar-refractivity contribution in [3.63, 3.8) is 0 Å². The zero-order valence-corrected chi connectivity index (χ0v) is 15.8. The molecule has 7 nitrogen and oxygen atoms in total. The molecule has 0 heterocycles. The Morgan fingerprint density at radius 1 is 1.11 bits per heavy atom. The molecule has 0 saturated heterocycles. The van der Waals surface area contributed by atoms with Gasteiger partial charge in [-0.15, -0.1) is 0 Å². The van der Waals surface area contributed by atoms with Gasteiger partial charge < -0.3 is 14.8 Å². The van der Waals surface area contributed by atoms with Crippen molar-refractivity contribution in [1.82, 2.24) is 0 Å². The van der Waals surface area contributed by atoms with Crippen molar-refractivity contribution in [3.05, 3.63) is 48.0 Å². The third-order valence-electron chi connectivity index (χ3n) is 4.46. The summed E-state index contributed by atoms with van der Waals surface area (Å²) in [5.74, 6) is 0.574. The summed E-state index contributed by atoms with van der Waals surface area (Å²) in [6.07, 6.45) is 4.30. The van der Waals surface area contributed by atoms with Crippen LogP contribution in [0.2, 0.25) is 0 Å². The van der Waals surface area contributed by atoms with Gasteiger partial charge in [0.2, 0.25) is 10.0 Å². The molecule has 0 spiro atoms. The van der Waals surface area contributed by atoms with Crippen LogP contribution in [0.15, 0.2) is 47.4 Å². The second-order valence-electron chi connectivity index (χ2n) is 6.39. The number of nitrogens with one attached hydrogen (secondary N) is 1. The summed E-state index contributed by atoms with van der Waals surface area (Å²) in [4.78, 5) is 12.5. The van der Waals surface area contributed by atoms with Gasteiger partial charge in [0.25, 0.3) is 5.91 Å². The lowest BCUT2D eigenvalue weighted by molar-refractivity contribution is 0.102. The van der Waals surface area contributed by atoms with Crippen LogP contribution in [-0.4, -0.2) is 27.5 Å². The first kappa shape index (κ1) is 19.2. The lowest BCUT2D eigenvalue weighted by Crippen LogP contribution is -2.18. The molecule has 1 fully saturated rings. The third kappa shape index (κ3) is 4.58. The maximum absolute atomic E-state index is 12.6. The first-order chi connectivity index (χ1) is 12.9. The van der Waals surface area contributed by atoms with Crippen LogP contribution in [0, 0.1) is 0 Å². The lowest BCUT2D eigenvalue weighted by Gasteiger charge is -2.17. The van der Waals surface area contributed by atoms with Gasteiger partial charge in [0.15, 0.2) is 11.5 Å². The van der Waals surface area contributed by atoms with Crippen molar-refractivity contribution in [3.8, 4) is 11.5 Å². The minimum absolute atomic E-state index is 0.111. The number of primary sulfonamides is 1. The first-order valence-corrected chi connectivity index (χ1v) is 10.2. The van der Waals surface area contributed by atoms with Crippen LogP contribution in [0.3, 0.4) is 0 Å². The Kier molecular flexibility index (Phi) is 5.67. The van der Waals surface area contributed by atoms with Gasteiger partial charge in [0.05, 0.1) is 18.9 Å². The number of ether oxygens (including phenoxy) is 2. The highest BCUT2D eigenvalue weighted by Crippen LogP contribution is 2.32. The number of hydrogen-bond acceptors (Lipinski definition) is 5. The highest BCUT2D eigenvalue weighted by atomic mass is 32.2. The van der Waals surface area contributed by atoms with Crippen LogP contribution in [0.5, 0.6) is 11.5 Å². The van der Waals surface area contributed by atoms with Gasteiger partial charge >= 0.3 is 0 Å². The molecule has 1 amide bonds. The fourth-order valence-electron chi connectivity index (χ4n) is 3.11. The molecule has 144 valence electrons. The molecule has 3 rings (SSSR count). The highest BCUT2D eigenvalue weighted by Gasteiger charge is 2.20. The van der Waals surface area contributed by atoms with Crippen LogP contribution in [0.4, 0.5) is 5.69 Å². The van der Waals surface area contributed by atoms with E-state index < -0.39 is 15.9 Å². The Morgan fingerprint density at radius 2 is 1.81 bits per heavy atom. The van der Waals surface area contributed by atoms with Crippen molar-refractivity contribution in [2.75, 3.05) is 12.4 Å². The summed E-state index contributed by atoms with van der Waals surface area (Å²) < 4.78 is 34.7. The predicted molar refractivity (Wildman–Crippen MR) is 102 cm³/mol. The number of hydrogen-bond donors (Lipinski definition) is 2. The van der Waals surface area contributed by atoms with Gasteiger partial charge in [-0.1, -0.05) is 12.1 Å². The molecular formula is C19H22N2O5S. The smallest absolute Gasteiger partial charge is 0.255 e. The minimum atomic E-state index is -3.96. The van der Waals surface area contributed by atoms with Crippen LogP contribution < -0.4 is 19.9 Å². The molecule has 0 atom stereocenters. The molecule has 0 radical (unpaired) electrons. The zero-order chi connectivity index (χ0) is 19.4. The third-order valence-corrected chi connectivity index (χ3v) is 5.43. The molecule has 2 aromatic rings. The van der Waals surface area contributed by atoms with Gasteiger partial charge in [0.1, 0.15) is 4.90 Å².